The lowest BCUT2D eigenvalue weighted by Gasteiger charge is -2.32. The molecule has 8 heteroatoms. The van der Waals surface area contributed by atoms with E-state index in [1.54, 1.807) is 17.0 Å². The molecule has 2 aliphatic heterocycles. The first kappa shape index (κ1) is 21.3. The fourth-order valence-electron chi connectivity index (χ4n) is 4.57. The van der Waals surface area contributed by atoms with Crippen molar-refractivity contribution < 1.29 is 18.5 Å². The van der Waals surface area contributed by atoms with Crippen LogP contribution in [0.25, 0.3) is 11.4 Å². The van der Waals surface area contributed by atoms with Gasteiger partial charge in [0, 0.05) is 43.2 Å². The molecule has 3 aromatic rings. The molecule has 2 fully saturated rings. The first-order valence-corrected chi connectivity index (χ1v) is 11.2. The van der Waals surface area contributed by atoms with Crippen LogP contribution in [0.4, 0.5) is 10.1 Å². The van der Waals surface area contributed by atoms with Gasteiger partial charge in [-0.25, -0.2) is 4.39 Å². The second-order valence-electron chi connectivity index (χ2n) is 8.80. The van der Waals surface area contributed by atoms with E-state index >= 15 is 0 Å². The van der Waals surface area contributed by atoms with Crippen LogP contribution in [-0.2, 0) is 9.59 Å². The number of halogens is 1. The maximum atomic E-state index is 13.1. The topological polar surface area (TPSA) is 79.5 Å². The summed E-state index contributed by atoms with van der Waals surface area (Å²) in [6.07, 6.45) is 1.69. The van der Waals surface area contributed by atoms with Crippen LogP contribution in [0.2, 0.25) is 0 Å². The maximum absolute atomic E-state index is 13.1. The van der Waals surface area contributed by atoms with Crippen molar-refractivity contribution in [2.75, 3.05) is 24.5 Å². The van der Waals surface area contributed by atoms with Gasteiger partial charge in [0.1, 0.15) is 5.82 Å². The molecule has 170 valence electrons. The number of rotatable bonds is 4. The van der Waals surface area contributed by atoms with Gasteiger partial charge in [0.25, 0.3) is 0 Å². The van der Waals surface area contributed by atoms with E-state index in [-0.39, 0.29) is 35.9 Å². The monoisotopic (exact) mass is 448 g/mol. The van der Waals surface area contributed by atoms with Crippen molar-refractivity contribution in [3.05, 3.63) is 65.8 Å². The van der Waals surface area contributed by atoms with E-state index in [4.69, 9.17) is 4.52 Å². The Hall–Kier alpha value is -3.55. The lowest BCUT2D eigenvalue weighted by atomic mass is 9.95. The molecule has 0 bridgehead atoms. The highest BCUT2D eigenvalue weighted by atomic mass is 19.1. The van der Waals surface area contributed by atoms with Crippen LogP contribution < -0.4 is 4.90 Å². The highest BCUT2D eigenvalue weighted by Crippen LogP contribution is 2.31. The molecule has 5 rings (SSSR count). The number of anilines is 1. The summed E-state index contributed by atoms with van der Waals surface area (Å²) in [6, 6.07) is 13.8. The largest absolute Gasteiger partial charge is 0.342 e. The number of nitrogens with zero attached hydrogens (tertiary/aromatic N) is 4. The molecule has 2 aliphatic rings. The van der Waals surface area contributed by atoms with E-state index in [0.717, 1.165) is 24.1 Å². The van der Waals surface area contributed by atoms with Crippen LogP contribution >= 0.6 is 0 Å². The van der Waals surface area contributed by atoms with Crippen molar-refractivity contribution >= 4 is 17.5 Å². The molecule has 1 unspecified atom stereocenters. The van der Waals surface area contributed by atoms with Gasteiger partial charge in [-0.1, -0.05) is 22.9 Å². The molecule has 0 N–H and O–H groups in total. The highest BCUT2D eigenvalue weighted by Gasteiger charge is 2.38. The summed E-state index contributed by atoms with van der Waals surface area (Å²) < 4.78 is 18.6. The second kappa shape index (κ2) is 8.77. The quantitative estimate of drug-likeness (QED) is 0.604. The Morgan fingerprint density at radius 2 is 1.76 bits per heavy atom. The number of benzene rings is 2. The van der Waals surface area contributed by atoms with Crippen LogP contribution in [0.3, 0.4) is 0 Å². The summed E-state index contributed by atoms with van der Waals surface area (Å²) in [5, 5.41) is 4.03. The molecule has 2 aromatic carbocycles. The van der Waals surface area contributed by atoms with Gasteiger partial charge in [-0.05, 0) is 56.2 Å². The van der Waals surface area contributed by atoms with Gasteiger partial charge in [0.15, 0.2) is 0 Å². The molecular weight excluding hydrogens is 423 g/mol. The predicted molar refractivity (Wildman–Crippen MR) is 120 cm³/mol. The number of aryl methyl sites for hydroxylation is 1. The Balaban J connectivity index is 1.18. The summed E-state index contributed by atoms with van der Waals surface area (Å²) in [6.45, 7) is 3.61. The normalized spacial score (nSPS) is 19.3. The number of carbonyl (C=O) groups excluding carboxylic acids is 2. The molecule has 2 saturated heterocycles. The summed E-state index contributed by atoms with van der Waals surface area (Å²) in [4.78, 5) is 33.7. The number of amides is 2. The number of likely N-dealkylation sites (tertiary alicyclic amines) is 1. The number of carbonyl (C=O) groups is 2. The first-order chi connectivity index (χ1) is 16.0. The number of hydrogen-bond acceptors (Lipinski definition) is 5. The van der Waals surface area contributed by atoms with E-state index in [1.807, 2.05) is 36.1 Å². The van der Waals surface area contributed by atoms with E-state index in [1.165, 1.54) is 12.1 Å². The Morgan fingerprint density at radius 1 is 1.06 bits per heavy atom. The number of hydrogen-bond donors (Lipinski definition) is 0. The molecule has 3 heterocycles. The molecular formula is C25H25FN4O3. The predicted octanol–water partition coefficient (Wildman–Crippen LogP) is 3.94. The van der Waals surface area contributed by atoms with Crippen molar-refractivity contribution in [2.45, 2.75) is 32.1 Å². The maximum Gasteiger partial charge on any atom is 0.230 e. The summed E-state index contributed by atoms with van der Waals surface area (Å²) in [5.74, 6) is 0.451. The highest BCUT2D eigenvalue weighted by molar-refractivity contribution is 6.00. The minimum Gasteiger partial charge on any atom is -0.342 e. The molecule has 0 spiro atoms. The van der Waals surface area contributed by atoms with Crippen LogP contribution in [0.1, 0.15) is 36.6 Å². The molecule has 1 aromatic heterocycles. The lowest BCUT2D eigenvalue weighted by molar-refractivity contribution is -0.136. The van der Waals surface area contributed by atoms with Gasteiger partial charge in [0.2, 0.25) is 23.5 Å². The van der Waals surface area contributed by atoms with Gasteiger partial charge >= 0.3 is 0 Å². The Bertz CT molecular complexity index is 1150. The standard InChI is InChI=1S/C25H25FN4O3/c1-16-2-8-21(9-3-16)30-15-19(14-22(30)31)25(32)29-12-10-18(11-13-29)24-27-23(28-33-24)17-4-6-20(26)7-5-17/h2-9,18-19H,10-15H2,1H3. The van der Waals surface area contributed by atoms with Crippen LogP contribution in [0.15, 0.2) is 53.1 Å². The zero-order valence-corrected chi connectivity index (χ0v) is 18.4. The van der Waals surface area contributed by atoms with E-state index < -0.39 is 0 Å². The SMILES string of the molecule is Cc1ccc(N2CC(C(=O)N3CCC(c4nc(-c5ccc(F)cc5)no4)CC3)CC2=O)cc1. The number of aromatic nitrogens is 2. The van der Waals surface area contributed by atoms with Gasteiger partial charge in [-0.15, -0.1) is 0 Å². The third-order valence-electron chi connectivity index (χ3n) is 6.52. The third-order valence-corrected chi connectivity index (χ3v) is 6.52. The smallest absolute Gasteiger partial charge is 0.230 e. The second-order valence-corrected chi connectivity index (χ2v) is 8.80. The summed E-state index contributed by atoms with van der Waals surface area (Å²) in [5.41, 5.74) is 2.67. The fraction of sp³-hybridized carbons (Fsp3) is 0.360. The Morgan fingerprint density at radius 3 is 2.45 bits per heavy atom. The van der Waals surface area contributed by atoms with Crippen molar-refractivity contribution in [2.24, 2.45) is 5.92 Å². The van der Waals surface area contributed by atoms with Gasteiger partial charge < -0.3 is 14.3 Å². The van der Waals surface area contributed by atoms with Gasteiger partial charge in [-0.2, -0.15) is 4.98 Å². The zero-order chi connectivity index (χ0) is 22.9. The third kappa shape index (κ3) is 4.37. The van der Waals surface area contributed by atoms with Crippen molar-refractivity contribution in [1.82, 2.24) is 15.0 Å². The van der Waals surface area contributed by atoms with Crippen molar-refractivity contribution in [3.63, 3.8) is 0 Å². The minimum absolute atomic E-state index is 0.00808. The van der Waals surface area contributed by atoms with Gasteiger partial charge in [-0.3, -0.25) is 9.59 Å². The zero-order valence-electron chi connectivity index (χ0n) is 18.4. The molecule has 33 heavy (non-hydrogen) atoms. The molecule has 7 nitrogen and oxygen atoms in total. The summed E-state index contributed by atoms with van der Waals surface area (Å²) in [7, 11) is 0. The van der Waals surface area contributed by atoms with Gasteiger partial charge in [0.05, 0.1) is 5.92 Å². The Kier molecular flexibility index (Phi) is 5.66. The Labute approximate surface area is 191 Å². The van der Waals surface area contributed by atoms with Crippen LogP contribution in [0, 0.1) is 18.7 Å². The van der Waals surface area contributed by atoms with E-state index in [9.17, 15) is 14.0 Å². The molecule has 2 amide bonds. The average molecular weight is 448 g/mol. The molecule has 1 atom stereocenters. The minimum atomic E-state index is -0.316. The van der Waals surface area contributed by atoms with Crippen LogP contribution in [-0.4, -0.2) is 46.5 Å². The van der Waals surface area contributed by atoms with E-state index in [2.05, 4.69) is 10.1 Å². The first-order valence-electron chi connectivity index (χ1n) is 11.2. The summed E-state index contributed by atoms with van der Waals surface area (Å²) >= 11 is 0. The van der Waals surface area contributed by atoms with Crippen LogP contribution in [0.5, 0.6) is 0 Å². The molecule has 0 radical (unpaired) electrons. The van der Waals surface area contributed by atoms with Crippen molar-refractivity contribution in [1.29, 1.82) is 0 Å². The van der Waals surface area contributed by atoms with E-state index in [0.29, 0.717) is 36.9 Å². The van der Waals surface area contributed by atoms with Crippen molar-refractivity contribution in [3.8, 4) is 11.4 Å². The lowest BCUT2D eigenvalue weighted by Crippen LogP contribution is -2.42. The number of piperidine rings is 1. The average Bonchev–Trinajstić information content (AvgIpc) is 3.47. The fourth-order valence-corrected chi connectivity index (χ4v) is 4.57. The molecule has 0 aliphatic carbocycles. The molecule has 0 saturated carbocycles.